The number of carbonyl (C=O) groups is 1. The monoisotopic (exact) mass is 327 g/mol. The summed E-state index contributed by atoms with van der Waals surface area (Å²) in [6.07, 6.45) is 0.452. The Morgan fingerprint density at radius 2 is 2.26 bits per heavy atom. The molecule has 0 aliphatic carbocycles. The van der Waals surface area contributed by atoms with Crippen molar-refractivity contribution in [1.82, 2.24) is 5.32 Å². The lowest BCUT2D eigenvalue weighted by molar-refractivity contribution is -0.127. The van der Waals surface area contributed by atoms with Crippen LogP contribution < -0.4 is 11.1 Å². The summed E-state index contributed by atoms with van der Waals surface area (Å²) in [5.74, 6) is -0.341. The number of nitrogens with zero attached hydrogens (tertiary/aromatic N) is 1. The highest BCUT2D eigenvalue weighted by molar-refractivity contribution is 9.10. The predicted molar refractivity (Wildman–Crippen MR) is 77.8 cm³/mol. The Labute approximate surface area is 121 Å². The summed E-state index contributed by atoms with van der Waals surface area (Å²) in [6.45, 7) is 3.86. The van der Waals surface area contributed by atoms with Crippen LogP contribution >= 0.6 is 15.9 Å². The van der Waals surface area contributed by atoms with E-state index < -0.39 is 5.41 Å². The molecule has 0 bridgehead atoms. The molecule has 19 heavy (non-hydrogen) atoms. The Kier molecular flexibility index (Phi) is 5.35. The van der Waals surface area contributed by atoms with Gasteiger partial charge in [0.05, 0.1) is 0 Å². The minimum absolute atomic E-state index is 0.0817. The van der Waals surface area contributed by atoms with E-state index in [-0.39, 0.29) is 11.7 Å². The summed E-state index contributed by atoms with van der Waals surface area (Å²) < 4.78 is 0.953. The summed E-state index contributed by atoms with van der Waals surface area (Å²) in [5.41, 5.74) is 5.56. The van der Waals surface area contributed by atoms with Crippen LogP contribution in [-0.2, 0) is 11.3 Å². The van der Waals surface area contributed by atoms with Crippen molar-refractivity contribution in [3.05, 3.63) is 34.3 Å². The van der Waals surface area contributed by atoms with Crippen molar-refractivity contribution in [2.75, 3.05) is 0 Å². The molecule has 1 unspecified atom stereocenters. The molecule has 1 amide bonds. The normalized spacial score (nSPS) is 14.8. The summed E-state index contributed by atoms with van der Waals surface area (Å²) in [4.78, 5) is 12.2. The van der Waals surface area contributed by atoms with Gasteiger partial charge in [-0.25, -0.2) is 0 Å². The van der Waals surface area contributed by atoms with Crippen molar-refractivity contribution < 1.29 is 10.0 Å². The summed E-state index contributed by atoms with van der Waals surface area (Å²) >= 11 is 3.37. The van der Waals surface area contributed by atoms with Gasteiger partial charge < -0.3 is 16.3 Å². The average molecular weight is 328 g/mol. The molecule has 104 valence electrons. The van der Waals surface area contributed by atoms with Gasteiger partial charge in [-0.1, -0.05) is 40.1 Å². The van der Waals surface area contributed by atoms with Gasteiger partial charge in [-0.2, -0.15) is 0 Å². The van der Waals surface area contributed by atoms with E-state index >= 15 is 0 Å². The largest absolute Gasteiger partial charge is 0.409 e. The zero-order valence-corrected chi connectivity index (χ0v) is 12.6. The number of hydrogen-bond donors (Lipinski definition) is 3. The van der Waals surface area contributed by atoms with Crippen LogP contribution in [-0.4, -0.2) is 17.0 Å². The molecule has 6 heteroatoms. The van der Waals surface area contributed by atoms with E-state index in [1.54, 1.807) is 6.92 Å². The number of nitrogens with one attached hydrogen (secondary N) is 1. The number of benzene rings is 1. The van der Waals surface area contributed by atoms with Gasteiger partial charge in [-0.05, 0) is 31.0 Å². The molecule has 0 saturated heterocycles. The van der Waals surface area contributed by atoms with Crippen LogP contribution in [0.5, 0.6) is 0 Å². The first-order valence-electron chi connectivity index (χ1n) is 5.94. The van der Waals surface area contributed by atoms with E-state index in [0.717, 1.165) is 10.0 Å². The van der Waals surface area contributed by atoms with Gasteiger partial charge in [0.2, 0.25) is 5.91 Å². The smallest absolute Gasteiger partial charge is 0.233 e. The van der Waals surface area contributed by atoms with Gasteiger partial charge >= 0.3 is 0 Å². The first-order valence-corrected chi connectivity index (χ1v) is 6.74. The third-order valence-corrected chi connectivity index (χ3v) is 3.72. The summed E-state index contributed by atoms with van der Waals surface area (Å²) in [7, 11) is 0. The molecule has 5 nitrogen and oxygen atoms in total. The number of amidine groups is 1. The Balaban J connectivity index is 2.74. The fourth-order valence-corrected chi connectivity index (χ4v) is 2.04. The van der Waals surface area contributed by atoms with Crippen molar-refractivity contribution in [3.63, 3.8) is 0 Å². The molecule has 0 fully saturated rings. The van der Waals surface area contributed by atoms with Crippen molar-refractivity contribution >= 4 is 27.7 Å². The molecule has 1 aromatic rings. The van der Waals surface area contributed by atoms with Crippen LogP contribution in [0, 0.1) is 5.41 Å². The zero-order valence-electron chi connectivity index (χ0n) is 11.0. The number of hydrogen-bond acceptors (Lipinski definition) is 3. The lowest BCUT2D eigenvalue weighted by Crippen LogP contribution is -2.47. The zero-order chi connectivity index (χ0) is 14.5. The first-order chi connectivity index (χ1) is 8.93. The van der Waals surface area contributed by atoms with E-state index in [1.165, 1.54) is 0 Å². The van der Waals surface area contributed by atoms with E-state index in [0.29, 0.717) is 13.0 Å². The number of halogens is 1. The highest BCUT2D eigenvalue weighted by Gasteiger charge is 2.36. The highest BCUT2D eigenvalue weighted by atomic mass is 79.9. The Morgan fingerprint density at radius 3 is 2.79 bits per heavy atom. The summed E-state index contributed by atoms with van der Waals surface area (Å²) in [6, 6.07) is 7.65. The van der Waals surface area contributed by atoms with Crippen molar-refractivity contribution in [1.29, 1.82) is 0 Å². The number of carbonyl (C=O) groups excluding carboxylic acids is 1. The lowest BCUT2D eigenvalue weighted by Gasteiger charge is -2.25. The molecule has 0 radical (unpaired) electrons. The van der Waals surface area contributed by atoms with Gasteiger partial charge in [0.25, 0.3) is 0 Å². The quantitative estimate of drug-likeness (QED) is 0.335. The van der Waals surface area contributed by atoms with Crippen LogP contribution in [0.1, 0.15) is 25.8 Å². The Bertz CT molecular complexity index is 491. The fraction of sp³-hybridized carbons (Fsp3) is 0.385. The summed E-state index contributed by atoms with van der Waals surface area (Å²) in [5, 5.41) is 14.5. The standard InChI is InChI=1S/C13H18BrN3O2/c1-3-13(2,11(15)17-19)12(18)16-8-9-5-4-6-10(14)7-9/h4-7,19H,3,8H2,1-2H3,(H2,15,17)(H,16,18). The number of amides is 1. The number of oxime groups is 1. The Morgan fingerprint density at radius 1 is 1.58 bits per heavy atom. The second kappa shape index (κ2) is 6.56. The molecule has 0 aromatic heterocycles. The van der Waals surface area contributed by atoms with Crippen LogP contribution in [0.25, 0.3) is 0 Å². The van der Waals surface area contributed by atoms with E-state index in [4.69, 9.17) is 10.9 Å². The molecule has 0 heterocycles. The molecule has 1 aromatic carbocycles. The second-order valence-electron chi connectivity index (χ2n) is 4.48. The Hall–Kier alpha value is -1.56. The first kappa shape index (κ1) is 15.5. The number of rotatable bonds is 5. The molecule has 0 aliphatic rings. The lowest BCUT2D eigenvalue weighted by atomic mass is 9.85. The molecular weight excluding hydrogens is 310 g/mol. The molecule has 1 atom stereocenters. The molecule has 0 saturated carbocycles. The molecule has 0 aliphatic heterocycles. The van der Waals surface area contributed by atoms with E-state index in [2.05, 4.69) is 26.4 Å². The average Bonchev–Trinajstić information content (AvgIpc) is 2.42. The SMILES string of the molecule is CCC(C)(C(=O)NCc1cccc(Br)c1)/C(N)=N/O. The predicted octanol–water partition coefficient (Wildman–Crippen LogP) is 2.23. The molecular formula is C13H18BrN3O2. The second-order valence-corrected chi connectivity index (χ2v) is 5.40. The minimum Gasteiger partial charge on any atom is -0.409 e. The van der Waals surface area contributed by atoms with Crippen molar-refractivity contribution in [3.8, 4) is 0 Å². The van der Waals surface area contributed by atoms with Crippen LogP contribution in [0.3, 0.4) is 0 Å². The molecule has 4 N–H and O–H groups in total. The third kappa shape index (κ3) is 3.70. The van der Waals surface area contributed by atoms with Crippen LogP contribution in [0.15, 0.2) is 33.9 Å². The minimum atomic E-state index is -0.999. The van der Waals surface area contributed by atoms with Crippen LogP contribution in [0.2, 0.25) is 0 Å². The topological polar surface area (TPSA) is 87.7 Å². The van der Waals surface area contributed by atoms with Gasteiger partial charge in [-0.3, -0.25) is 4.79 Å². The van der Waals surface area contributed by atoms with Gasteiger partial charge in [0.15, 0.2) is 5.84 Å². The van der Waals surface area contributed by atoms with Gasteiger partial charge in [0, 0.05) is 11.0 Å². The molecule has 0 spiro atoms. The van der Waals surface area contributed by atoms with Crippen LogP contribution in [0.4, 0.5) is 0 Å². The van der Waals surface area contributed by atoms with Crippen molar-refractivity contribution in [2.24, 2.45) is 16.3 Å². The maximum atomic E-state index is 12.2. The third-order valence-electron chi connectivity index (χ3n) is 3.22. The van der Waals surface area contributed by atoms with E-state index in [1.807, 2.05) is 31.2 Å². The van der Waals surface area contributed by atoms with Gasteiger partial charge in [-0.15, -0.1) is 0 Å². The fourth-order valence-electron chi connectivity index (χ4n) is 1.59. The number of nitrogens with two attached hydrogens (primary N) is 1. The van der Waals surface area contributed by atoms with Crippen molar-refractivity contribution in [2.45, 2.75) is 26.8 Å². The van der Waals surface area contributed by atoms with E-state index in [9.17, 15) is 4.79 Å². The maximum absolute atomic E-state index is 12.2. The maximum Gasteiger partial charge on any atom is 0.233 e. The van der Waals surface area contributed by atoms with Gasteiger partial charge in [0.1, 0.15) is 5.41 Å². The highest BCUT2D eigenvalue weighted by Crippen LogP contribution is 2.22. The molecule has 1 rings (SSSR count).